The third kappa shape index (κ3) is 2.01. The fourth-order valence-electron chi connectivity index (χ4n) is 2.06. The van der Waals surface area contributed by atoms with Crippen LogP contribution in [0.3, 0.4) is 0 Å². The van der Waals surface area contributed by atoms with E-state index in [2.05, 4.69) is 13.8 Å². The summed E-state index contributed by atoms with van der Waals surface area (Å²) in [5, 5.41) is 2.09. The molecule has 0 fully saturated rings. The van der Waals surface area contributed by atoms with Crippen molar-refractivity contribution in [2.24, 2.45) is 5.92 Å². The van der Waals surface area contributed by atoms with Gasteiger partial charge >= 0.3 is 0 Å². The summed E-state index contributed by atoms with van der Waals surface area (Å²) in [6, 6.07) is 11.7. The molecule has 1 nitrogen and oxygen atoms in total. The van der Waals surface area contributed by atoms with Crippen molar-refractivity contribution in [1.29, 1.82) is 0 Å². The minimum absolute atomic E-state index is 0.545. The Hall–Kier alpha value is -1.57. The molecule has 0 aliphatic carbocycles. The number of halogens is 1. The Morgan fingerprint density at radius 2 is 1.75 bits per heavy atom. The van der Waals surface area contributed by atoms with Crippen molar-refractivity contribution in [2.45, 2.75) is 20.3 Å². The second-order valence-electron chi connectivity index (χ2n) is 4.51. The lowest BCUT2D eigenvalue weighted by molar-refractivity contribution is 0.619. The van der Waals surface area contributed by atoms with Gasteiger partial charge in [0, 0.05) is 5.39 Å². The minimum atomic E-state index is 0.545. The Bertz CT molecular complexity index is 491. The van der Waals surface area contributed by atoms with Crippen LogP contribution in [0.5, 0.6) is 0 Å². The van der Waals surface area contributed by atoms with E-state index in [-0.39, 0.29) is 0 Å². The summed E-state index contributed by atoms with van der Waals surface area (Å²) >= 11 is 0. The van der Waals surface area contributed by atoms with Crippen LogP contribution in [0.25, 0.3) is 10.8 Å². The van der Waals surface area contributed by atoms with E-state index < -0.39 is 0 Å². The second-order valence-corrected chi connectivity index (χ2v) is 4.51. The van der Waals surface area contributed by atoms with Crippen molar-refractivity contribution >= 4 is 16.5 Å². The number of anilines is 1. The van der Waals surface area contributed by atoms with Crippen LogP contribution in [0, 0.1) is 5.92 Å². The van der Waals surface area contributed by atoms with Gasteiger partial charge in [-0.15, -0.1) is 4.48 Å². The van der Waals surface area contributed by atoms with Crippen molar-refractivity contribution in [2.75, 3.05) is 5.54 Å². The number of nitrogens with one attached hydrogen (secondary N) is 1. The first-order valence-corrected chi connectivity index (χ1v) is 5.59. The van der Waals surface area contributed by atoms with Crippen molar-refractivity contribution in [3.8, 4) is 0 Å². The maximum atomic E-state index is 12.6. The molecule has 0 radical (unpaired) electrons. The molecule has 0 aromatic heterocycles. The molecule has 0 aliphatic heterocycles. The molecule has 84 valence electrons. The lowest BCUT2D eigenvalue weighted by Gasteiger charge is -2.11. The molecule has 1 N–H and O–H groups in total. The van der Waals surface area contributed by atoms with Gasteiger partial charge in [0.15, 0.2) is 0 Å². The summed E-state index contributed by atoms with van der Waals surface area (Å²) in [5.74, 6) is 0.604. The highest BCUT2D eigenvalue weighted by Gasteiger charge is 2.06. The van der Waals surface area contributed by atoms with Gasteiger partial charge in [0.1, 0.15) is 0 Å². The van der Waals surface area contributed by atoms with Crippen LogP contribution in [-0.4, -0.2) is 0 Å². The zero-order chi connectivity index (χ0) is 11.5. The Morgan fingerprint density at radius 1 is 1.06 bits per heavy atom. The Kier molecular flexibility index (Phi) is 3.09. The standard InChI is InChI=1S/C14H16FN/c1-10(2)9-11-7-8-14(16-15)13-6-4-3-5-12(11)13/h3-8,10,16H,9H2,1-2H3. The normalized spacial score (nSPS) is 11.0. The van der Waals surface area contributed by atoms with E-state index in [9.17, 15) is 4.48 Å². The molecule has 2 rings (SSSR count). The molecule has 0 amide bonds. The SMILES string of the molecule is CC(C)Cc1ccc(NF)c2ccccc12. The zero-order valence-electron chi connectivity index (χ0n) is 9.63. The number of hydrogen-bond acceptors (Lipinski definition) is 1. The molecule has 0 unspecified atom stereocenters. The Labute approximate surface area is 95.2 Å². The van der Waals surface area contributed by atoms with Gasteiger partial charge in [-0.25, -0.2) is 5.54 Å². The van der Waals surface area contributed by atoms with Gasteiger partial charge in [0.2, 0.25) is 0 Å². The minimum Gasteiger partial charge on any atom is -0.224 e. The molecule has 0 heterocycles. The lowest BCUT2D eigenvalue weighted by Crippen LogP contribution is -1.96. The van der Waals surface area contributed by atoms with Gasteiger partial charge in [-0.3, -0.25) is 0 Å². The van der Waals surface area contributed by atoms with E-state index in [0.29, 0.717) is 11.6 Å². The number of hydrogen-bond donors (Lipinski definition) is 1. The first-order valence-electron chi connectivity index (χ1n) is 5.59. The summed E-state index contributed by atoms with van der Waals surface area (Å²) in [5.41, 5.74) is 3.58. The maximum absolute atomic E-state index is 12.6. The smallest absolute Gasteiger partial charge is 0.0734 e. The summed E-state index contributed by atoms with van der Waals surface area (Å²) in [6.45, 7) is 4.38. The molecule has 0 spiro atoms. The zero-order valence-corrected chi connectivity index (χ0v) is 9.63. The summed E-state index contributed by atoms with van der Waals surface area (Å²) < 4.78 is 12.6. The van der Waals surface area contributed by atoms with Gasteiger partial charge in [0.25, 0.3) is 0 Å². The molecule has 2 heteroatoms. The van der Waals surface area contributed by atoms with E-state index in [0.717, 1.165) is 17.2 Å². The molecule has 0 saturated carbocycles. The average molecular weight is 217 g/mol. The topological polar surface area (TPSA) is 12.0 Å². The summed E-state index contributed by atoms with van der Waals surface area (Å²) in [6.07, 6.45) is 1.02. The van der Waals surface area contributed by atoms with Crippen molar-refractivity contribution < 1.29 is 4.48 Å². The van der Waals surface area contributed by atoms with Gasteiger partial charge in [-0.05, 0) is 29.4 Å². The van der Waals surface area contributed by atoms with Crippen LogP contribution < -0.4 is 5.54 Å². The third-order valence-electron chi connectivity index (χ3n) is 2.74. The molecule has 2 aromatic rings. The van der Waals surface area contributed by atoms with Crippen LogP contribution in [0.4, 0.5) is 10.2 Å². The average Bonchev–Trinajstić information content (AvgIpc) is 2.29. The van der Waals surface area contributed by atoms with Crippen LogP contribution >= 0.6 is 0 Å². The molecule has 16 heavy (non-hydrogen) atoms. The van der Waals surface area contributed by atoms with Gasteiger partial charge in [0.05, 0.1) is 5.69 Å². The highest BCUT2D eigenvalue weighted by atomic mass is 19.2. The van der Waals surface area contributed by atoms with E-state index in [1.807, 2.05) is 30.3 Å². The first-order chi connectivity index (χ1) is 7.72. The molecular weight excluding hydrogens is 201 g/mol. The monoisotopic (exact) mass is 217 g/mol. The highest BCUT2D eigenvalue weighted by Crippen LogP contribution is 2.28. The van der Waals surface area contributed by atoms with E-state index in [4.69, 9.17) is 0 Å². The third-order valence-corrected chi connectivity index (χ3v) is 2.74. The molecule has 0 bridgehead atoms. The largest absolute Gasteiger partial charge is 0.224 e. The maximum Gasteiger partial charge on any atom is 0.0734 e. The number of benzene rings is 2. The second kappa shape index (κ2) is 4.52. The van der Waals surface area contributed by atoms with E-state index >= 15 is 0 Å². The lowest BCUT2D eigenvalue weighted by atomic mass is 9.96. The fourth-order valence-corrected chi connectivity index (χ4v) is 2.06. The Morgan fingerprint density at radius 3 is 2.38 bits per heavy atom. The van der Waals surface area contributed by atoms with E-state index in [1.165, 1.54) is 5.56 Å². The van der Waals surface area contributed by atoms with Crippen LogP contribution in [0.2, 0.25) is 0 Å². The fraction of sp³-hybridized carbons (Fsp3) is 0.286. The molecule has 0 atom stereocenters. The number of fused-ring (bicyclic) bond motifs is 1. The van der Waals surface area contributed by atoms with Gasteiger partial charge in [-0.1, -0.05) is 44.2 Å². The summed E-state index contributed by atoms with van der Waals surface area (Å²) in [4.78, 5) is 0. The van der Waals surface area contributed by atoms with E-state index in [1.54, 1.807) is 11.6 Å². The Balaban J connectivity index is 2.60. The molecular formula is C14H16FN. The van der Waals surface area contributed by atoms with Crippen molar-refractivity contribution in [3.63, 3.8) is 0 Å². The quantitative estimate of drug-likeness (QED) is 0.754. The predicted octanol–water partition coefficient (Wildman–Crippen LogP) is 4.33. The van der Waals surface area contributed by atoms with Crippen LogP contribution in [0.1, 0.15) is 19.4 Å². The molecule has 2 aromatic carbocycles. The number of rotatable bonds is 3. The van der Waals surface area contributed by atoms with Crippen molar-refractivity contribution in [1.82, 2.24) is 0 Å². The van der Waals surface area contributed by atoms with Gasteiger partial charge < -0.3 is 0 Å². The summed E-state index contributed by atoms with van der Waals surface area (Å²) in [7, 11) is 0. The first kappa shape index (κ1) is 10.9. The molecule has 0 aliphatic rings. The van der Waals surface area contributed by atoms with Gasteiger partial charge in [-0.2, -0.15) is 0 Å². The highest BCUT2D eigenvalue weighted by molar-refractivity contribution is 5.95. The van der Waals surface area contributed by atoms with Crippen molar-refractivity contribution in [3.05, 3.63) is 42.0 Å². The van der Waals surface area contributed by atoms with Crippen LogP contribution in [-0.2, 0) is 6.42 Å². The molecule has 0 saturated heterocycles. The van der Waals surface area contributed by atoms with Crippen LogP contribution in [0.15, 0.2) is 36.4 Å². The predicted molar refractivity (Wildman–Crippen MR) is 67.2 cm³/mol.